The van der Waals surface area contributed by atoms with E-state index in [-0.39, 0.29) is 12.1 Å². The number of alkyl halides is 9. The second kappa shape index (κ2) is 4.68. The molecule has 1 rings (SSSR count). The van der Waals surface area contributed by atoms with E-state index in [1.165, 1.54) is 0 Å². The Bertz CT molecular complexity index is 515. The van der Waals surface area contributed by atoms with E-state index in [1.54, 1.807) is 0 Å². The Morgan fingerprint density at radius 3 is 1.57 bits per heavy atom. The molecular weight excluding hydrogens is 321 g/mol. The number of halogens is 9. The van der Waals surface area contributed by atoms with Crippen molar-refractivity contribution >= 4 is 5.69 Å². The molecule has 3 N–H and O–H groups in total. The van der Waals surface area contributed by atoms with Gasteiger partial charge in [-0.15, -0.1) is 0 Å². The van der Waals surface area contributed by atoms with Crippen LogP contribution in [0.1, 0.15) is 11.1 Å². The van der Waals surface area contributed by atoms with E-state index < -0.39 is 47.0 Å². The lowest BCUT2D eigenvalue weighted by Crippen LogP contribution is -2.54. The van der Waals surface area contributed by atoms with E-state index in [4.69, 9.17) is 10.8 Å². The maximum absolute atomic E-state index is 12.5. The zero-order valence-electron chi connectivity index (χ0n) is 9.66. The summed E-state index contributed by atoms with van der Waals surface area (Å²) in [4.78, 5) is 0. The van der Waals surface area contributed by atoms with Gasteiger partial charge < -0.3 is 10.8 Å². The summed E-state index contributed by atoms with van der Waals surface area (Å²) in [5, 5.41) is 8.98. The second-order valence-corrected chi connectivity index (χ2v) is 4.01. The van der Waals surface area contributed by atoms with E-state index in [2.05, 4.69) is 0 Å². The van der Waals surface area contributed by atoms with Gasteiger partial charge in [-0.3, -0.25) is 0 Å². The number of benzene rings is 1. The van der Waals surface area contributed by atoms with Gasteiger partial charge in [-0.2, -0.15) is 39.5 Å². The van der Waals surface area contributed by atoms with Gasteiger partial charge in [0.15, 0.2) is 0 Å². The van der Waals surface area contributed by atoms with E-state index in [9.17, 15) is 39.5 Å². The van der Waals surface area contributed by atoms with Crippen LogP contribution >= 0.6 is 0 Å². The SMILES string of the molecule is Nc1ccc(C(O)(C(F)(F)F)C(F)(F)F)cc1C(F)(F)F. The topological polar surface area (TPSA) is 46.2 Å². The molecule has 0 fully saturated rings. The fourth-order valence-corrected chi connectivity index (χ4v) is 1.51. The van der Waals surface area contributed by atoms with Crippen molar-refractivity contribution in [2.75, 3.05) is 5.73 Å². The highest BCUT2D eigenvalue weighted by molar-refractivity contribution is 5.51. The van der Waals surface area contributed by atoms with Crippen molar-refractivity contribution < 1.29 is 44.6 Å². The fraction of sp³-hybridized carbons (Fsp3) is 0.400. The summed E-state index contributed by atoms with van der Waals surface area (Å²) in [5.74, 6) is 0. The molecule has 0 aliphatic heterocycles. The van der Waals surface area contributed by atoms with Gasteiger partial charge in [-0.25, -0.2) is 0 Å². The average Bonchev–Trinajstić information content (AvgIpc) is 2.23. The second-order valence-electron chi connectivity index (χ2n) is 4.01. The fourth-order valence-electron chi connectivity index (χ4n) is 1.51. The number of hydrogen-bond acceptors (Lipinski definition) is 2. The molecule has 2 nitrogen and oxygen atoms in total. The summed E-state index contributed by atoms with van der Waals surface area (Å²) in [5.41, 5.74) is -5.57. The lowest BCUT2D eigenvalue weighted by atomic mass is 9.90. The monoisotopic (exact) mass is 327 g/mol. The van der Waals surface area contributed by atoms with Gasteiger partial charge in [0.1, 0.15) is 0 Å². The minimum absolute atomic E-state index is 0.0333. The summed E-state index contributed by atoms with van der Waals surface area (Å²) in [6.45, 7) is 0. The van der Waals surface area contributed by atoms with Crippen LogP contribution in [-0.2, 0) is 11.8 Å². The molecular formula is C10H6F9NO. The van der Waals surface area contributed by atoms with Crippen molar-refractivity contribution in [3.05, 3.63) is 29.3 Å². The molecule has 0 aromatic heterocycles. The Morgan fingerprint density at radius 1 is 0.810 bits per heavy atom. The van der Waals surface area contributed by atoms with Crippen molar-refractivity contribution in [2.45, 2.75) is 24.1 Å². The first-order valence-electron chi connectivity index (χ1n) is 4.95. The van der Waals surface area contributed by atoms with Crippen molar-refractivity contribution in [1.29, 1.82) is 0 Å². The van der Waals surface area contributed by atoms with Gasteiger partial charge in [-0.05, 0) is 12.1 Å². The minimum atomic E-state index is -6.27. The smallest absolute Gasteiger partial charge is 0.398 e. The lowest BCUT2D eigenvalue weighted by molar-refractivity contribution is -0.376. The largest absolute Gasteiger partial charge is 0.430 e. The third-order valence-electron chi connectivity index (χ3n) is 2.60. The predicted octanol–water partition coefficient (Wildman–Crippen LogP) is 3.60. The summed E-state index contributed by atoms with van der Waals surface area (Å²) in [6, 6.07) is -0.234. The molecule has 120 valence electrons. The highest BCUT2D eigenvalue weighted by atomic mass is 19.4. The molecule has 0 saturated heterocycles. The van der Waals surface area contributed by atoms with Gasteiger partial charge in [0.2, 0.25) is 0 Å². The molecule has 1 aromatic rings. The van der Waals surface area contributed by atoms with Crippen LogP contribution in [-0.4, -0.2) is 17.5 Å². The molecule has 0 unspecified atom stereocenters. The number of anilines is 1. The number of nitrogens with two attached hydrogens (primary N) is 1. The molecule has 0 spiro atoms. The summed E-state index contributed by atoms with van der Waals surface area (Å²) < 4.78 is 113. The van der Waals surface area contributed by atoms with Gasteiger partial charge in [0.05, 0.1) is 5.56 Å². The van der Waals surface area contributed by atoms with Crippen LogP contribution < -0.4 is 5.73 Å². The summed E-state index contributed by atoms with van der Waals surface area (Å²) in [7, 11) is 0. The van der Waals surface area contributed by atoms with Crippen LogP contribution in [0.15, 0.2) is 18.2 Å². The number of aliphatic hydroxyl groups is 1. The van der Waals surface area contributed by atoms with Crippen LogP contribution in [0.5, 0.6) is 0 Å². The lowest BCUT2D eigenvalue weighted by Gasteiger charge is -2.33. The Morgan fingerprint density at radius 2 is 1.24 bits per heavy atom. The van der Waals surface area contributed by atoms with Gasteiger partial charge in [-0.1, -0.05) is 6.07 Å². The number of hydrogen-bond donors (Lipinski definition) is 2. The molecule has 0 amide bonds. The molecule has 21 heavy (non-hydrogen) atoms. The highest BCUT2D eigenvalue weighted by Crippen LogP contribution is 2.51. The van der Waals surface area contributed by atoms with Crippen LogP contribution in [0.25, 0.3) is 0 Å². The van der Waals surface area contributed by atoms with E-state index >= 15 is 0 Å². The minimum Gasteiger partial charge on any atom is -0.398 e. The van der Waals surface area contributed by atoms with Gasteiger partial charge >= 0.3 is 18.5 Å². The van der Waals surface area contributed by atoms with E-state index in [1.807, 2.05) is 0 Å². The molecule has 0 aliphatic carbocycles. The highest BCUT2D eigenvalue weighted by Gasteiger charge is 2.71. The van der Waals surface area contributed by atoms with Crippen molar-refractivity contribution in [3.63, 3.8) is 0 Å². The maximum Gasteiger partial charge on any atom is 0.430 e. The Balaban J connectivity index is 3.64. The molecule has 11 heteroatoms. The standard InChI is InChI=1S/C10H6F9NO/c11-8(12,13)5-3-4(1-2-6(5)20)7(21,9(14,15)16)10(17,18)19/h1-3,21H,20H2. The zero-order valence-corrected chi connectivity index (χ0v) is 9.66. The molecule has 0 aliphatic rings. The Kier molecular flexibility index (Phi) is 3.88. The molecule has 0 bridgehead atoms. The van der Waals surface area contributed by atoms with Crippen LogP contribution in [0, 0.1) is 0 Å². The first-order valence-corrected chi connectivity index (χ1v) is 4.95. The summed E-state index contributed by atoms with van der Waals surface area (Å²) >= 11 is 0. The third kappa shape index (κ3) is 2.87. The Hall–Kier alpha value is -1.65. The van der Waals surface area contributed by atoms with Crippen molar-refractivity contribution in [2.24, 2.45) is 0 Å². The van der Waals surface area contributed by atoms with Gasteiger partial charge in [0.25, 0.3) is 5.60 Å². The van der Waals surface area contributed by atoms with Crippen molar-refractivity contribution in [3.8, 4) is 0 Å². The quantitative estimate of drug-likeness (QED) is 0.612. The molecule has 1 aromatic carbocycles. The Labute approximate surface area is 111 Å². The number of nitrogen functional groups attached to an aromatic ring is 1. The molecule has 0 atom stereocenters. The third-order valence-corrected chi connectivity index (χ3v) is 2.60. The molecule has 0 heterocycles. The molecule has 0 radical (unpaired) electrons. The van der Waals surface area contributed by atoms with Crippen LogP contribution in [0.4, 0.5) is 45.2 Å². The predicted molar refractivity (Wildman–Crippen MR) is 51.9 cm³/mol. The first kappa shape index (κ1) is 17.4. The summed E-state index contributed by atoms with van der Waals surface area (Å²) in [6.07, 6.45) is -17.8. The molecule has 0 saturated carbocycles. The number of rotatable bonds is 1. The van der Waals surface area contributed by atoms with Crippen LogP contribution in [0.2, 0.25) is 0 Å². The first-order chi connectivity index (χ1) is 9.12. The van der Waals surface area contributed by atoms with Crippen LogP contribution in [0.3, 0.4) is 0 Å². The zero-order chi connectivity index (χ0) is 16.9. The normalized spacial score (nSPS) is 14.4. The van der Waals surface area contributed by atoms with E-state index in [0.717, 1.165) is 0 Å². The van der Waals surface area contributed by atoms with E-state index in [0.29, 0.717) is 0 Å². The maximum atomic E-state index is 12.5. The van der Waals surface area contributed by atoms with Gasteiger partial charge in [0, 0.05) is 11.3 Å². The van der Waals surface area contributed by atoms with Crippen molar-refractivity contribution in [1.82, 2.24) is 0 Å². The average molecular weight is 327 g/mol.